The zero-order chi connectivity index (χ0) is 18.4. The highest BCUT2D eigenvalue weighted by Crippen LogP contribution is 2.42. The second-order valence-electron chi connectivity index (χ2n) is 6.92. The number of methoxy groups -OCH3 is 2. The normalized spacial score (nSPS) is 15.9. The van der Waals surface area contributed by atoms with Crippen LogP contribution in [-0.2, 0) is 5.41 Å². The molecule has 1 amide bonds. The lowest BCUT2D eigenvalue weighted by molar-refractivity contribution is 0.0933. The van der Waals surface area contributed by atoms with Gasteiger partial charge in [0, 0.05) is 18.9 Å². The lowest BCUT2D eigenvalue weighted by atomic mass is 9.69. The van der Waals surface area contributed by atoms with Crippen molar-refractivity contribution in [1.82, 2.24) is 5.32 Å². The van der Waals surface area contributed by atoms with Crippen molar-refractivity contribution in [2.24, 2.45) is 0 Å². The Morgan fingerprint density at radius 3 is 2.27 bits per heavy atom. The van der Waals surface area contributed by atoms with Gasteiger partial charge >= 0.3 is 0 Å². The van der Waals surface area contributed by atoms with Crippen LogP contribution < -0.4 is 14.8 Å². The number of amides is 1. The van der Waals surface area contributed by atoms with Gasteiger partial charge in [0.1, 0.15) is 11.5 Å². The predicted molar refractivity (Wildman–Crippen MR) is 105 cm³/mol. The number of ether oxygens (including phenoxy) is 2. The predicted octanol–water partition coefficient (Wildman–Crippen LogP) is 4.58. The van der Waals surface area contributed by atoms with Crippen LogP contribution in [0, 0.1) is 0 Å². The van der Waals surface area contributed by atoms with Crippen molar-refractivity contribution in [3.63, 3.8) is 0 Å². The second kappa shape index (κ2) is 8.26. The number of carbonyl (C=O) groups is 1. The van der Waals surface area contributed by atoms with Crippen LogP contribution in [0.3, 0.4) is 0 Å². The van der Waals surface area contributed by atoms with Crippen LogP contribution in [0.4, 0.5) is 0 Å². The minimum absolute atomic E-state index is 0. The van der Waals surface area contributed by atoms with E-state index in [0.29, 0.717) is 17.9 Å². The number of para-hydroxylation sites is 2. The molecule has 0 bridgehead atoms. The molecule has 3 rings (SSSR count). The van der Waals surface area contributed by atoms with Gasteiger partial charge in [-0.05, 0) is 31.0 Å². The standard InChI is InChI=1S/C22H27NO3.H2/c1-25-19-12-6-4-10-17(19)21(24)23-16-22(14-8-3-9-15-22)18-11-5-7-13-20(18)26-2;/h4-7,10-13H,3,8-9,14-16H2,1-2H3,(H,23,24);1H. The number of hydrogen-bond donors (Lipinski definition) is 1. The monoisotopic (exact) mass is 355 g/mol. The molecule has 0 radical (unpaired) electrons. The maximum Gasteiger partial charge on any atom is 0.255 e. The van der Waals surface area contributed by atoms with Gasteiger partial charge in [-0.3, -0.25) is 4.79 Å². The molecule has 0 saturated heterocycles. The van der Waals surface area contributed by atoms with Crippen molar-refractivity contribution >= 4 is 5.91 Å². The topological polar surface area (TPSA) is 47.6 Å². The molecule has 1 aliphatic rings. The largest absolute Gasteiger partial charge is 0.496 e. The average molecular weight is 355 g/mol. The van der Waals surface area contributed by atoms with E-state index in [1.807, 2.05) is 30.3 Å². The molecular formula is C22H29NO3. The fraction of sp³-hybridized carbons (Fsp3) is 0.409. The van der Waals surface area contributed by atoms with Gasteiger partial charge in [-0.15, -0.1) is 0 Å². The molecule has 0 heterocycles. The third-order valence-corrected chi connectivity index (χ3v) is 5.43. The smallest absolute Gasteiger partial charge is 0.255 e. The summed E-state index contributed by atoms with van der Waals surface area (Å²) >= 11 is 0. The minimum Gasteiger partial charge on any atom is -0.496 e. The molecule has 140 valence electrons. The highest BCUT2D eigenvalue weighted by Gasteiger charge is 2.36. The summed E-state index contributed by atoms with van der Waals surface area (Å²) in [6.45, 7) is 0.601. The van der Waals surface area contributed by atoms with Gasteiger partial charge in [0.15, 0.2) is 0 Å². The first-order valence-electron chi connectivity index (χ1n) is 9.25. The van der Waals surface area contributed by atoms with Gasteiger partial charge in [-0.2, -0.15) is 0 Å². The van der Waals surface area contributed by atoms with Crippen molar-refractivity contribution in [2.45, 2.75) is 37.5 Å². The number of carbonyl (C=O) groups excluding carboxylic acids is 1. The van der Waals surface area contributed by atoms with E-state index >= 15 is 0 Å². The molecule has 0 spiro atoms. The van der Waals surface area contributed by atoms with E-state index in [-0.39, 0.29) is 12.7 Å². The Morgan fingerprint density at radius 2 is 1.58 bits per heavy atom. The molecule has 1 saturated carbocycles. The van der Waals surface area contributed by atoms with Gasteiger partial charge in [-0.25, -0.2) is 0 Å². The number of benzene rings is 2. The van der Waals surface area contributed by atoms with Gasteiger partial charge in [-0.1, -0.05) is 49.6 Å². The first-order valence-corrected chi connectivity index (χ1v) is 9.25. The SMILES string of the molecule is COc1ccccc1C(=O)NCC1(c2ccccc2OC)CCCCC1.[HH]. The quantitative estimate of drug-likeness (QED) is 0.825. The van der Waals surface area contributed by atoms with Crippen molar-refractivity contribution in [3.8, 4) is 11.5 Å². The molecule has 1 N–H and O–H groups in total. The van der Waals surface area contributed by atoms with Crippen LogP contribution >= 0.6 is 0 Å². The molecular weight excluding hydrogens is 326 g/mol. The minimum atomic E-state index is -0.0951. The van der Waals surface area contributed by atoms with Crippen LogP contribution in [0.15, 0.2) is 48.5 Å². The molecule has 0 aliphatic heterocycles. The molecule has 1 fully saturated rings. The summed E-state index contributed by atoms with van der Waals surface area (Å²) in [7, 11) is 3.30. The first-order chi connectivity index (χ1) is 12.7. The Balaban J connectivity index is 0.00000261. The highest BCUT2D eigenvalue weighted by atomic mass is 16.5. The van der Waals surface area contributed by atoms with Crippen LogP contribution in [0.2, 0.25) is 0 Å². The van der Waals surface area contributed by atoms with Crippen molar-refractivity contribution in [2.75, 3.05) is 20.8 Å². The van der Waals surface area contributed by atoms with E-state index in [1.54, 1.807) is 20.3 Å². The summed E-state index contributed by atoms with van der Waals surface area (Å²) in [5.41, 5.74) is 1.69. The lowest BCUT2D eigenvalue weighted by Crippen LogP contribution is -2.42. The first kappa shape index (κ1) is 18.3. The highest BCUT2D eigenvalue weighted by molar-refractivity contribution is 5.97. The van der Waals surface area contributed by atoms with E-state index in [1.165, 1.54) is 24.8 Å². The van der Waals surface area contributed by atoms with E-state index in [0.717, 1.165) is 18.6 Å². The van der Waals surface area contributed by atoms with Crippen molar-refractivity contribution in [1.29, 1.82) is 0 Å². The van der Waals surface area contributed by atoms with Crippen LogP contribution in [-0.4, -0.2) is 26.7 Å². The Morgan fingerprint density at radius 1 is 0.962 bits per heavy atom. The Hall–Kier alpha value is -2.49. The Labute approximate surface area is 157 Å². The van der Waals surface area contributed by atoms with E-state index in [2.05, 4.69) is 17.4 Å². The molecule has 26 heavy (non-hydrogen) atoms. The summed E-state index contributed by atoms with van der Waals surface area (Å²) in [5.74, 6) is 1.41. The maximum absolute atomic E-state index is 12.8. The van der Waals surface area contributed by atoms with Gasteiger partial charge in [0.05, 0.1) is 19.8 Å². The fourth-order valence-electron chi connectivity index (χ4n) is 4.03. The Bertz CT molecular complexity index is 757. The van der Waals surface area contributed by atoms with Gasteiger partial charge in [0.25, 0.3) is 5.91 Å². The summed E-state index contributed by atoms with van der Waals surface area (Å²) in [6.07, 6.45) is 5.70. The molecule has 2 aromatic carbocycles. The van der Waals surface area contributed by atoms with E-state index in [9.17, 15) is 4.79 Å². The number of rotatable bonds is 6. The van der Waals surface area contributed by atoms with Crippen LogP contribution in [0.5, 0.6) is 11.5 Å². The maximum atomic E-state index is 12.8. The van der Waals surface area contributed by atoms with Gasteiger partial charge < -0.3 is 14.8 Å². The van der Waals surface area contributed by atoms with Crippen molar-refractivity contribution in [3.05, 3.63) is 59.7 Å². The summed E-state index contributed by atoms with van der Waals surface area (Å²) in [5, 5.41) is 3.16. The third kappa shape index (κ3) is 3.69. The van der Waals surface area contributed by atoms with E-state index < -0.39 is 0 Å². The summed E-state index contributed by atoms with van der Waals surface area (Å²) in [4.78, 5) is 12.8. The lowest BCUT2D eigenvalue weighted by Gasteiger charge is -2.38. The van der Waals surface area contributed by atoms with Gasteiger partial charge in [0.2, 0.25) is 0 Å². The fourth-order valence-corrected chi connectivity index (χ4v) is 4.03. The van der Waals surface area contributed by atoms with Crippen molar-refractivity contribution < 1.29 is 15.7 Å². The van der Waals surface area contributed by atoms with Crippen LogP contribution in [0.1, 0.15) is 49.5 Å². The zero-order valence-electron chi connectivity index (χ0n) is 15.6. The summed E-state index contributed by atoms with van der Waals surface area (Å²) in [6, 6.07) is 15.5. The molecule has 4 nitrogen and oxygen atoms in total. The van der Waals surface area contributed by atoms with Crippen LogP contribution in [0.25, 0.3) is 0 Å². The molecule has 2 aromatic rings. The van der Waals surface area contributed by atoms with E-state index in [4.69, 9.17) is 9.47 Å². The summed E-state index contributed by atoms with van der Waals surface area (Å²) < 4.78 is 10.9. The number of nitrogens with one attached hydrogen (secondary N) is 1. The Kier molecular flexibility index (Phi) is 5.82. The molecule has 1 aliphatic carbocycles. The molecule has 0 aromatic heterocycles. The third-order valence-electron chi connectivity index (χ3n) is 5.43. The average Bonchev–Trinajstić information content (AvgIpc) is 2.72. The second-order valence-corrected chi connectivity index (χ2v) is 6.92. The zero-order valence-corrected chi connectivity index (χ0v) is 15.6. The number of hydrogen-bond acceptors (Lipinski definition) is 3. The molecule has 0 atom stereocenters. The molecule has 4 heteroatoms. The molecule has 0 unspecified atom stereocenters.